The summed E-state index contributed by atoms with van der Waals surface area (Å²) in [7, 11) is 0. The van der Waals surface area contributed by atoms with E-state index in [1.54, 1.807) is 35.6 Å². The normalized spacial score (nSPS) is 11.8. The van der Waals surface area contributed by atoms with Gasteiger partial charge in [-0.25, -0.2) is 4.98 Å². The number of fused-ring (bicyclic) bond motifs is 1. The molecule has 1 amide bonds. The molecule has 0 aliphatic rings. The van der Waals surface area contributed by atoms with Gasteiger partial charge in [-0.3, -0.25) is 9.20 Å². The monoisotopic (exact) mass is 415 g/mol. The van der Waals surface area contributed by atoms with Crippen LogP contribution in [0.4, 0.5) is 18.9 Å². The molecule has 2 heterocycles. The zero-order valence-electron chi connectivity index (χ0n) is 15.5. The van der Waals surface area contributed by atoms with Crippen LogP contribution in [0.5, 0.6) is 0 Å². The first kappa shape index (κ1) is 19.2. The number of halogens is 3. The maximum Gasteiger partial charge on any atom is 0.416 e. The van der Waals surface area contributed by atoms with E-state index in [4.69, 9.17) is 0 Å². The predicted octanol–water partition coefficient (Wildman–Crippen LogP) is 5.95. The number of rotatable bonds is 3. The highest BCUT2D eigenvalue weighted by molar-refractivity contribution is 7.17. The molecule has 148 valence electrons. The number of thiazole rings is 1. The van der Waals surface area contributed by atoms with Crippen molar-refractivity contribution < 1.29 is 18.0 Å². The third-order valence-electron chi connectivity index (χ3n) is 4.52. The number of hydrogen-bond donors (Lipinski definition) is 1. The van der Waals surface area contributed by atoms with E-state index < -0.39 is 11.7 Å². The van der Waals surface area contributed by atoms with E-state index in [0.717, 1.165) is 27.5 Å². The number of nitrogens with zero attached hydrogens (tertiary/aromatic N) is 2. The smallest absolute Gasteiger partial charge is 0.321 e. The minimum atomic E-state index is -4.36. The van der Waals surface area contributed by atoms with Crippen LogP contribution >= 0.6 is 11.3 Å². The lowest BCUT2D eigenvalue weighted by Crippen LogP contribution is -2.15. The van der Waals surface area contributed by atoms with Gasteiger partial charge in [0.1, 0.15) is 5.69 Å². The van der Waals surface area contributed by atoms with Gasteiger partial charge in [0.15, 0.2) is 4.96 Å². The van der Waals surface area contributed by atoms with Crippen LogP contribution in [0, 0.1) is 13.8 Å². The highest BCUT2D eigenvalue weighted by Crippen LogP contribution is 2.31. The van der Waals surface area contributed by atoms with Crippen molar-refractivity contribution in [1.29, 1.82) is 0 Å². The van der Waals surface area contributed by atoms with E-state index in [2.05, 4.69) is 10.3 Å². The summed E-state index contributed by atoms with van der Waals surface area (Å²) in [5.41, 5.74) is 2.46. The Labute approximate surface area is 168 Å². The Balaban J connectivity index is 1.53. The highest BCUT2D eigenvalue weighted by Gasteiger charge is 2.30. The van der Waals surface area contributed by atoms with E-state index >= 15 is 0 Å². The number of aryl methyl sites for hydroxylation is 2. The van der Waals surface area contributed by atoms with Crippen molar-refractivity contribution in [2.45, 2.75) is 20.0 Å². The zero-order chi connectivity index (χ0) is 20.8. The molecule has 4 aromatic rings. The number of carbonyl (C=O) groups is 1. The van der Waals surface area contributed by atoms with Crippen molar-refractivity contribution in [2.24, 2.45) is 0 Å². The van der Waals surface area contributed by atoms with Gasteiger partial charge in [-0.1, -0.05) is 24.3 Å². The van der Waals surface area contributed by atoms with Gasteiger partial charge in [-0.05, 0) is 49.2 Å². The van der Waals surface area contributed by atoms with E-state index in [-0.39, 0.29) is 5.91 Å². The van der Waals surface area contributed by atoms with Crippen LogP contribution in [0.1, 0.15) is 26.6 Å². The largest absolute Gasteiger partial charge is 0.416 e. The van der Waals surface area contributed by atoms with Crippen molar-refractivity contribution in [3.63, 3.8) is 0 Å². The summed E-state index contributed by atoms with van der Waals surface area (Å²) in [5, 5.41) is 2.85. The van der Waals surface area contributed by atoms with Crippen LogP contribution in [0.2, 0.25) is 0 Å². The summed E-state index contributed by atoms with van der Waals surface area (Å²) in [6.07, 6.45) is -2.48. The Kier molecular flexibility index (Phi) is 4.66. The molecular formula is C21H16F3N3OS. The first-order valence-electron chi connectivity index (χ1n) is 8.76. The summed E-state index contributed by atoms with van der Waals surface area (Å²) in [6, 6.07) is 11.9. The van der Waals surface area contributed by atoms with Crippen LogP contribution < -0.4 is 5.32 Å². The van der Waals surface area contributed by atoms with Gasteiger partial charge in [-0.2, -0.15) is 13.2 Å². The molecular weight excluding hydrogens is 399 g/mol. The number of amides is 1. The van der Waals surface area contributed by atoms with E-state index in [9.17, 15) is 18.0 Å². The van der Waals surface area contributed by atoms with Crippen LogP contribution in [0.15, 0.2) is 54.7 Å². The molecule has 0 radical (unpaired) electrons. The molecule has 0 bridgehead atoms. The molecule has 4 nitrogen and oxygen atoms in total. The van der Waals surface area contributed by atoms with E-state index in [0.29, 0.717) is 22.6 Å². The third kappa shape index (κ3) is 3.75. The molecule has 0 atom stereocenters. The maximum atomic E-state index is 12.7. The highest BCUT2D eigenvalue weighted by atomic mass is 32.1. The van der Waals surface area contributed by atoms with Gasteiger partial charge in [0.2, 0.25) is 0 Å². The van der Waals surface area contributed by atoms with Crippen LogP contribution in [-0.2, 0) is 6.18 Å². The molecule has 8 heteroatoms. The number of benzene rings is 2. The lowest BCUT2D eigenvalue weighted by atomic mass is 10.0. The second-order valence-electron chi connectivity index (χ2n) is 6.65. The topological polar surface area (TPSA) is 46.4 Å². The summed E-state index contributed by atoms with van der Waals surface area (Å²) in [5.74, 6) is -0.268. The van der Waals surface area contributed by atoms with Crippen molar-refractivity contribution in [3.05, 3.63) is 76.6 Å². The second-order valence-corrected chi connectivity index (χ2v) is 7.86. The Hall–Kier alpha value is -3.13. The zero-order valence-corrected chi connectivity index (χ0v) is 16.4. The Morgan fingerprint density at radius 2 is 1.59 bits per heavy atom. The molecule has 1 N–H and O–H groups in total. The van der Waals surface area contributed by atoms with Gasteiger partial charge in [0.25, 0.3) is 5.91 Å². The van der Waals surface area contributed by atoms with Gasteiger partial charge < -0.3 is 5.32 Å². The number of anilines is 1. The fraction of sp³-hybridized carbons (Fsp3) is 0.143. The van der Waals surface area contributed by atoms with Gasteiger partial charge in [0, 0.05) is 16.8 Å². The number of nitrogens with one attached hydrogen (secondary N) is 1. The second kappa shape index (κ2) is 7.04. The summed E-state index contributed by atoms with van der Waals surface area (Å²) in [6.45, 7) is 3.74. The molecule has 0 spiro atoms. The number of alkyl halides is 3. The average Bonchev–Trinajstić information content (AvgIpc) is 3.15. The molecule has 4 rings (SSSR count). The fourth-order valence-electron chi connectivity index (χ4n) is 3.13. The van der Waals surface area contributed by atoms with Crippen LogP contribution in [0.25, 0.3) is 16.1 Å². The molecule has 0 unspecified atom stereocenters. The minimum Gasteiger partial charge on any atom is -0.321 e. The van der Waals surface area contributed by atoms with Crippen molar-refractivity contribution in [2.75, 3.05) is 5.32 Å². The Morgan fingerprint density at radius 3 is 2.17 bits per heavy atom. The van der Waals surface area contributed by atoms with Crippen molar-refractivity contribution in [3.8, 4) is 11.1 Å². The quantitative estimate of drug-likeness (QED) is 0.449. The number of carbonyl (C=O) groups excluding carboxylic acids is 1. The first-order chi connectivity index (χ1) is 13.7. The molecule has 2 aromatic carbocycles. The predicted molar refractivity (Wildman–Crippen MR) is 107 cm³/mol. The number of imidazole rings is 1. The standard InChI is InChI=1S/C21H16F3N3OS/c1-12-11-27-18(13(2)25-20(27)29-12)19(28)26-17-9-5-15(6-10-17)14-3-7-16(8-4-14)21(22,23)24/h3-11H,1-2H3,(H,26,28). The summed E-state index contributed by atoms with van der Waals surface area (Å²) >= 11 is 1.51. The Morgan fingerprint density at radius 1 is 1.00 bits per heavy atom. The van der Waals surface area contributed by atoms with E-state index in [1.807, 2.05) is 13.1 Å². The molecule has 0 saturated carbocycles. The van der Waals surface area contributed by atoms with Gasteiger partial charge in [0.05, 0.1) is 11.3 Å². The number of aromatic nitrogens is 2. The van der Waals surface area contributed by atoms with Gasteiger partial charge >= 0.3 is 6.18 Å². The molecule has 0 aliphatic heterocycles. The summed E-state index contributed by atoms with van der Waals surface area (Å²) in [4.78, 5) is 19.0. The third-order valence-corrected chi connectivity index (χ3v) is 5.42. The lowest BCUT2D eigenvalue weighted by Gasteiger charge is -2.09. The molecule has 0 saturated heterocycles. The molecule has 2 aromatic heterocycles. The molecule has 0 fully saturated rings. The molecule has 29 heavy (non-hydrogen) atoms. The maximum absolute atomic E-state index is 12.7. The Bertz CT molecular complexity index is 1190. The average molecular weight is 415 g/mol. The first-order valence-corrected chi connectivity index (χ1v) is 9.58. The fourth-order valence-corrected chi connectivity index (χ4v) is 4.00. The SMILES string of the molecule is Cc1cn2c(C(=O)Nc3ccc(-c4ccc(C(F)(F)F)cc4)cc3)c(C)nc2s1. The number of hydrogen-bond acceptors (Lipinski definition) is 3. The van der Waals surface area contributed by atoms with Crippen LogP contribution in [0.3, 0.4) is 0 Å². The van der Waals surface area contributed by atoms with Crippen LogP contribution in [-0.4, -0.2) is 15.3 Å². The minimum absolute atomic E-state index is 0.268. The molecule has 0 aliphatic carbocycles. The van der Waals surface area contributed by atoms with Gasteiger partial charge in [-0.15, -0.1) is 11.3 Å². The lowest BCUT2D eigenvalue weighted by molar-refractivity contribution is -0.137. The van der Waals surface area contributed by atoms with E-state index in [1.165, 1.54) is 23.5 Å². The van der Waals surface area contributed by atoms with Crippen molar-refractivity contribution >= 4 is 27.9 Å². The summed E-state index contributed by atoms with van der Waals surface area (Å²) < 4.78 is 39.9. The van der Waals surface area contributed by atoms with Crippen molar-refractivity contribution in [1.82, 2.24) is 9.38 Å².